The molecule has 0 amide bonds. The van der Waals surface area contributed by atoms with Crippen LogP contribution in [0, 0.1) is 0 Å². The average molecular weight is 267 g/mol. The van der Waals surface area contributed by atoms with Crippen LogP contribution in [-0.4, -0.2) is 17.5 Å². The van der Waals surface area contributed by atoms with E-state index in [9.17, 15) is 0 Å². The molecule has 0 radical (unpaired) electrons. The molecule has 0 N–H and O–H groups in total. The van der Waals surface area contributed by atoms with Gasteiger partial charge in [0.25, 0.3) is 0 Å². The van der Waals surface area contributed by atoms with Crippen LogP contribution in [0.2, 0.25) is 0 Å². The summed E-state index contributed by atoms with van der Waals surface area (Å²) in [7, 11) is 0. The van der Waals surface area contributed by atoms with Crippen molar-refractivity contribution in [3.05, 3.63) is 65.7 Å². The minimum Gasteiger partial charge on any atom is -0.484 e. The van der Waals surface area contributed by atoms with E-state index in [0.29, 0.717) is 6.04 Å². The first-order valence-electron chi connectivity index (χ1n) is 7.27. The van der Waals surface area contributed by atoms with Crippen molar-refractivity contribution in [2.24, 2.45) is 0 Å². The second-order valence-electron chi connectivity index (χ2n) is 5.65. The van der Waals surface area contributed by atoms with Gasteiger partial charge >= 0.3 is 0 Å². The molecule has 1 heterocycles. The molecule has 2 heteroatoms. The maximum Gasteiger partial charge on any atom is 0.136 e. The molecule has 1 aliphatic rings. The van der Waals surface area contributed by atoms with Crippen molar-refractivity contribution in [3.8, 4) is 5.75 Å². The Kier molecular flexibility index (Phi) is 3.75. The Balaban J connectivity index is 1.96. The first kappa shape index (κ1) is 13.2. The van der Waals surface area contributed by atoms with Gasteiger partial charge in [0.2, 0.25) is 0 Å². The normalized spacial score (nSPS) is 19.2. The zero-order valence-corrected chi connectivity index (χ0v) is 12.1. The van der Waals surface area contributed by atoms with Gasteiger partial charge in [-0.3, -0.25) is 4.90 Å². The topological polar surface area (TPSA) is 12.5 Å². The molecule has 1 aliphatic heterocycles. The highest BCUT2D eigenvalue weighted by atomic mass is 16.5. The van der Waals surface area contributed by atoms with E-state index in [2.05, 4.69) is 61.2 Å². The van der Waals surface area contributed by atoms with Gasteiger partial charge in [-0.15, -0.1) is 0 Å². The van der Waals surface area contributed by atoms with E-state index in [4.69, 9.17) is 4.74 Å². The van der Waals surface area contributed by atoms with Crippen LogP contribution in [0.25, 0.3) is 0 Å². The molecule has 1 atom stereocenters. The molecule has 2 aromatic rings. The molecular weight excluding hydrogens is 246 g/mol. The van der Waals surface area contributed by atoms with E-state index in [0.717, 1.165) is 18.8 Å². The first-order valence-corrected chi connectivity index (χ1v) is 7.27. The molecule has 0 aliphatic carbocycles. The van der Waals surface area contributed by atoms with Gasteiger partial charge in [-0.1, -0.05) is 48.5 Å². The number of rotatable bonds is 2. The van der Waals surface area contributed by atoms with E-state index < -0.39 is 0 Å². The summed E-state index contributed by atoms with van der Waals surface area (Å²) in [6, 6.07) is 19.4. The minimum absolute atomic E-state index is 0.0993. The van der Waals surface area contributed by atoms with Gasteiger partial charge < -0.3 is 4.74 Å². The van der Waals surface area contributed by atoms with Crippen LogP contribution < -0.4 is 4.74 Å². The Bertz CT molecular complexity index is 565. The Morgan fingerprint density at radius 2 is 1.70 bits per heavy atom. The van der Waals surface area contributed by atoms with Crippen molar-refractivity contribution < 1.29 is 4.74 Å². The van der Waals surface area contributed by atoms with E-state index in [-0.39, 0.29) is 6.10 Å². The third-order valence-electron chi connectivity index (χ3n) is 3.92. The van der Waals surface area contributed by atoms with Crippen molar-refractivity contribution in [1.82, 2.24) is 4.90 Å². The number of benzene rings is 2. The number of fused-ring (bicyclic) bond motifs is 1. The predicted molar refractivity (Wildman–Crippen MR) is 81.8 cm³/mol. The molecule has 0 spiro atoms. The highest BCUT2D eigenvalue weighted by Crippen LogP contribution is 2.31. The van der Waals surface area contributed by atoms with Gasteiger partial charge in [0.1, 0.15) is 11.9 Å². The Morgan fingerprint density at radius 3 is 2.45 bits per heavy atom. The second-order valence-corrected chi connectivity index (χ2v) is 5.65. The standard InChI is InChI=1S/C18H21NO/c1-14(2)19-12-16-10-6-7-11-17(16)20-18(13-19)15-8-4-3-5-9-15/h3-11,14,18H,12-13H2,1-2H3. The highest BCUT2D eigenvalue weighted by Gasteiger charge is 2.25. The van der Waals surface area contributed by atoms with Gasteiger partial charge in [-0.05, 0) is 25.5 Å². The van der Waals surface area contributed by atoms with Gasteiger partial charge in [0.15, 0.2) is 0 Å². The lowest BCUT2D eigenvalue weighted by Crippen LogP contribution is -2.33. The molecule has 2 aromatic carbocycles. The van der Waals surface area contributed by atoms with Gasteiger partial charge in [-0.2, -0.15) is 0 Å². The molecule has 0 saturated heterocycles. The molecule has 20 heavy (non-hydrogen) atoms. The summed E-state index contributed by atoms with van der Waals surface area (Å²) >= 11 is 0. The smallest absolute Gasteiger partial charge is 0.136 e. The summed E-state index contributed by atoms with van der Waals surface area (Å²) < 4.78 is 6.28. The molecule has 0 bridgehead atoms. The Morgan fingerprint density at radius 1 is 1.00 bits per heavy atom. The zero-order valence-electron chi connectivity index (χ0n) is 12.1. The second kappa shape index (κ2) is 5.68. The molecule has 0 aromatic heterocycles. The molecule has 3 rings (SSSR count). The molecule has 104 valence electrons. The monoisotopic (exact) mass is 267 g/mol. The fourth-order valence-corrected chi connectivity index (χ4v) is 2.67. The van der Waals surface area contributed by atoms with Crippen LogP contribution in [-0.2, 0) is 6.54 Å². The molecule has 0 fully saturated rings. The maximum absolute atomic E-state index is 6.28. The summed E-state index contributed by atoms with van der Waals surface area (Å²) in [5.74, 6) is 1.02. The van der Waals surface area contributed by atoms with Crippen LogP contribution in [0.15, 0.2) is 54.6 Å². The zero-order chi connectivity index (χ0) is 13.9. The predicted octanol–water partition coefficient (Wildman–Crippen LogP) is 4.03. The molecule has 2 nitrogen and oxygen atoms in total. The van der Waals surface area contributed by atoms with Crippen molar-refractivity contribution >= 4 is 0 Å². The van der Waals surface area contributed by atoms with Crippen LogP contribution in [0.5, 0.6) is 5.75 Å². The molecule has 0 saturated carbocycles. The van der Waals surface area contributed by atoms with Crippen LogP contribution in [0.4, 0.5) is 0 Å². The van der Waals surface area contributed by atoms with Gasteiger partial charge in [-0.25, -0.2) is 0 Å². The van der Waals surface area contributed by atoms with Crippen molar-refractivity contribution in [2.75, 3.05) is 6.54 Å². The summed E-state index contributed by atoms with van der Waals surface area (Å²) in [6.45, 7) is 6.37. The quantitative estimate of drug-likeness (QED) is 0.814. The largest absolute Gasteiger partial charge is 0.484 e. The fraction of sp³-hybridized carbons (Fsp3) is 0.333. The third kappa shape index (κ3) is 2.70. The van der Waals surface area contributed by atoms with Crippen LogP contribution in [0.1, 0.15) is 31.1 Å². The van der Waals surface area contributed by atoms with Crippen LogP contribution >= 0.6 is 0 Å². The number of hydrogen-bond donors (Lipinski definition) is 0. The Hall–Kier alpha value is -1.80. The summed E-state index contributed by atoms with van der Waals surface area (Å²) in [5.41, 5.74) is 2.52. The lowest BCUT2D eigenvalue weighted by Gasteiger charge is -2.27. The molecule has 1 unspecified atom stereocenters. The van der Waals surface area contributed by atoms with E-state index in [1.54, 1.807) is 0 Å². The van der Waals surface area contributed by atoms with Crippen molar-refractivity contribution in [2.45, 2.75) is 32.5 Å². The number of para-hydroxylation sites is 1. The van der Waals surface area contributed by atoms with E-state index in [1.807, 2.05) is 12.1 Å². The number of ether oxygens (including phenoxy) is 1. The van der Waals surface area contributed by atoms with Crippen LogP contribution in [0.3, 0.4) is 0 Å². The SMILES string of the molecule is CC(C)N1Cc2ccccc2OC(c2ccccc2)C1. The molecular formula is C18H21NO. The highest BCUT2D eigenvalue weighted by molar-refractivity contribution is 5.35. The third-order valence-corrected chi connectivity index (χ3v) is 3.92. The summed E-state index contributed by atoms with van der Waals surface area (Å²) in [5, 5.41) is 0. The average Bonchev–Trinajstić information content (AvgIpc) is 2.67. The lowest BCUT2D eigenvalue weighted by molar-refractivity contribution is 0.127. The lowest BCUT2D eigenvalue weighted by atomic mass is 10.1. The number of hydrogen-bond acceptors (Lipinski definition) is 2. The minimum atomic E-state index is 0.0993. The van der Waals surface area contributed by atoms with Crippen molar-refractivity contribution in [3.63, 3.8) is 0 Å². The maximum atomic E-state index is 6.28. The Labute approximate surface area is 121 Å². The first-order chi connectivity index (χ1) is 9.74. The van der Waals surface area contributed by atoms with Gasteiger partial charge in [0.05, 0.1) is 0 Å². The van der Waals surface area contributed by atoms with E-state index >= 15 is 0 Å². The number of nitrogens with zero attached hydrogens (tertiary/aromatic N) is 1. The van der Waals surface area contributed by atoms with Gasteiger partial charge in [0, 0.05) is 24.7 Å². The summed E-state index contributed by atoms with van der Waals surface area (Å²) in [6.07, 6.45) is 0.0993. The summed E-state index contributed by atoms with van der Waals surface area (Å²) in [4.78, 5) is 2.48. The fourth-order valence-electron chi connectivity index (χ4n) is 2.67. The van der Waals surface area contributed by atoms with Crippen molar-refractivity contribution in [1.29, 1.82) is 0 Å². The van der Waals surface area contributed by atoms with E-state index in [1.165, 1.54) is 11.1 Å².